The molecule has 0 aliphatic carbocycles. The first kappa shape index (κ1) is 10.7. The molecule has 1 aliphatic heterocycles. The molecule has 0 fully saturated rings. The molecular formula is C13H15NO2. The maximum atomic E-state index is 11.7. The largest absolute Gasteiger partial charge is 0.445 e. The van der Waals surface area contributed by atoms with E-state index in [9.17, 15) is 4.79 Å². The van der Waals surface area contributed by atoms with Crippen LogP contribution in [0.3, 0.4) is 0 Å². The molecule has 2 rings (SSSR count). The number of hydrogen-bond donors (Lipinski definition) is 0. The average molecular weight is 217 g/mol. The summed E-state index contributed by atoms with van der Waals surface area (Å²) in [5, 5.41) is 0. The second kappa shape index (κ2) is 4.84. The lowest BCUT2D eigenvalue weighted by Gasteiger charge is -2.20. The van der Waals surface area contributed by atoms with Crippen LogP contribution in [0.5, 0.6) is 0 Å². The van der Waals surface area contributed by atoms with Gasteiger partial charge in [-0.15, -0.1) is 0 Å². The Hall–Kier alpha value is -1.77. The van der Waals surface area contributed by atoms with E-state index in [0.717, 1.165) is 5.56 Å². The highest BCUT2D eigenvalue weighted by molar-refractivity contribution is 5.69. The quantitative estimate of drug-likeness (QED) is 0.712. The minimum atomic E-state index is -0.249. The third kappa shape index (κ3) is 2.42. The zero-order valence-electron chi connectivity index (χ0n) is 9.30. The molecule has 0 spiro atoms. The summed E-state index contributed by atoms with van der Waals surface area (Å²) in [5.74, 6) is 0. The van der Waals surface area contributed by atoms with Gasteiger partial charge in [0.25, 0.3) is 0 Å². The molecule has 0 N–H and O–H groups in total. The molecule has 0 radical (unpaired) electrons. The van der Waals surface area contributed by atoms with Crippen molar-refractivity contribution in [2.75, 3.05) is 6.54 Å². The molecule has 1 amide bonds. The number of hydrogen-bond acceptors (Lipinski definition) is 2. The first-order valence-corrected chi connectivity index (χ1v) is 5.41. The number of ether oxygens (including phenoxy) is 1. The van der Waals surface area contributed by atoms with Crippen LogP contribution in [0.2, 0.25) is 0 Å². The van der Waals surface area contributed by atoms with Crippen molar-refractivity contribution in [3.63, 3.8) is 0 Å². The van der Waals surface area contributed by atoms with Crippen LogP contribution in [0.4, 0.5) is 4.79 Å². The highest BCUT2D eigenvalue weighted by Crippen LogP contribution is 2.11. The van der Waals surface area contributed by atoms with Crippen LogP contribution in [0.1, 0.15) is 12.5 Å². The minimum absolute atomic E-state index is 0.142. The van der Waals surface area contributed by atoms with E-state index in [-0.39, 0.29) is 12.1 Å². The fraction of sp³-hybridized carbons (Fsp3) is 0.308. The van der Waals surface area contributed by atoms with Crippen molar-refractivity contribution in [3.8, 4) is 0 Å². The van der Waals surface area contributed by atoms with E-state index < -0.39 is 0 Å². The average Bonchev–Trinajstić information content (AvgIpc) is 2.74. The molecule has 0 aromatic heterocycles. The summed E-state index contributed by atoms with van der Waals surface area (Å²) in [6.45, 7) is 2.96. The summed E-state index contributed by atoms with van der Waals surface area (Å²) in [7, 11) is 0. The summed E-state index contributed by atoms with van der Waals surface area (Å²) in [5.41, 5.74) is 1.01. The Morgan fingerprint density at radius 1 is 1.44 bits per heavy atom. The molecule has 1 aliphatic rings. The summed E-state index contributed by atoms with van der Waals surface area (Å²) in [6, 6.07) is 9.84. The van der Waals surface area contributed by atoms with E-state index in [4.69, 9.17) is 4.74 Å². The number of amides is 1. The second-order valence-corrected chi connectivity index (χ2v) is 3.86. The number of carbonyl (C=O) groups excluding carboxylic acids is 1. The van der Waals surface area contributed by atoms with Crippen LogP contribution in [0.25, 0.3) is 0 Å². The third-order valence-corrected chi connectivity index (χ3v) is 2.65. The SMILES string of the molecule is CC1C=CCN1C(=O)OCc1ccccc1. The summed E-state index contributed by atoms with van der Waals surface area (Å²) in [4.78, 5) is 13.4. The highest BCUT2D eigenvalue weighted by Gasteiger charge is 2.21. The predicted molar refractivity (Wildman–Crippen MR) is 61.9 cm³/mol. The molecule has 16 heavy (non-hydrogen) atoms. The Labute approximate surface area is 95.3 Å². The molecule has 3 heteroatoms. The molecular weight excluding hydrogens is 202 g/mol. The molecule has 1 heterocycles. The number of nitrogens with zero attached hydrogens (tertiary/aromatic N) is 1. The lowest BCUT2D eigenvalue weighted by molar-refractivity contribution is 0.0970. The van der Waals surface area contributed by atoms with E-state index >= 15 is 0 Å². The minimum Gasteiger partial charge on any atom is -0.445 e. The zero-order chi connectivity index (χ0) is 11.4. The van der Waals surface area contributed by atoms with Crippen molar-refractivity contribution >= 4 is 6.09 Å². The number of benzene rings is 1. The zero-order valence-corrected chi connectivity index (χ0v) is 9.30. The molecule has 1 unspecified atom stereocenters. The fourth-order valence-corrected chi connectivity index (χ4v) is 1.68. The Morgan fingerprint density at radius 2 is 2.19 bits per heavy atom. The lowest BCUT2D eigenvalue weighted by Crippen LogP contribution is -2.34. The first-order chi connectivity index (χ1) is 7.77. The van der Waals surface area contributed by atoms with Crippen molar-refractivity contribution in [2.45, 2.75) is 19.6 Å². The predicted octanol–water partition coefficient (Wildman–Crippen LogP) is 2.58. The summed E-state index contributed by atoms with van der Waals surface area (Å²) < 4.78 is 5.23. The first-order valence-electron chi connectivity index (χ1n) is 5.41. The smallest absolute Gasteiger partial charge is 0.410 e. The van der Waals surface area contributed by atoms with E-state index in [1.807, 2.05) is 49.4 Å². The normalized spacial score (nSPS) is 18.8. The number of carbonyl (C=O) groups is 1. The van der Waals surface area contributed by atoms with Gasteiger partial charge in [0, 0.05) is 6.54 Å². The van der Waals surface area contributed by atoms with Gasteiger partial charge in [-0.25, -0.2) is 4.79 Å². The van der Waals surface area contributed by atoms with E-state index in [1.54, 1.807) is 4.90 Å². The van der Waals surface area contributed by atoms with Gasteiger partial charge in [0.1, 0.15) is 6.61 Å². The second-order valence-electron chi connectivity index (χ2n) is 3.86. The summed E-state index contributed by atoms with van der Waals surface area (Å²) >= 11 is 0. The Morgan fingerprint density at radius 3 is 2.81 bits per heavy atom. The van der Waals surface area contributed by atoms with Crippen molar-refractivity contribution in [1.82, 2.24) is 4.90 Å². The van der Waals surface area contributed by atoms with E-state index in [2.05, 4.69) is 0 Å². The van der Waals surface area contributed by atoms with Crippen LogP contribution < -0.4 is 0 Å². The van der Waals surface area contributed by atoms with E-state index in [1.165, 1.54) is 0 Å². The van der Waals surface area contributed by atoms with Crippen molar-refractivity contribution < 1.29 is 9.53 Å². The van der Waals surface area contributed by atoms with Gasteiger partial charge in [-0.3, -0.25) is 4.90 Å². The lowest BCUT2D eigenvalue weighted by atomic mass is 10.2. The van der Waals surface area contributed by atoms with Crippen LogP contribution in [-0.4, -0.2) is 23.6 Å². The molecule has 3 nitrogen and oxygen atoms in total. The molecule has 1 aromatic rings. The molecule has 0 saturated heterocycles. The van der Waals surface area contributed by atoms with Gasteiger partial charge in [0.15, 0.2) is 0 Å². The van der Waals surface area contributed by atoms with Gasteiger partial charge >= 0.3 is 6.09 Å². The van der Waals surface area contributed by atoms with Gasteiger partial charge in [-0.05, 0) is 12.5 Å². The molecule has 1 aromatic carbocycles. The summed E-state index contributed by atoms with van der Waals surface area (Å²) in [6.07, 6.45) is 3.74. The maximum Gasteiger partial charge on any atom is 0.410 e. The Bertz CT molecular complexity index is 386. The topological polar surface area (TPSA) is 29.5 Å². The Kier molecular flexibility index (Phi) is 3.25. The van der Waals surface area contributed by atoms with Gasteiger partial charge in [-0.1, -0.05) is 42.5 Å². The highest BCUT2D eigenvalue weighted by atomic mass is 16.6. The van der Waals surface area contributed by atoms with Gasteiger partial charge in [-0.2, -0.15) is 0 Å². The number of rotatable bonds is 2. The van der Waals surface area contributed by atoms with Crippen molar-refractivity contribution in [3.05, 3.63) is 48.0 Å². The Balaban J connectivity index is 1.85. The standard InChI is InChI=1S/C13H15NO2/c1-11-6-5-9-14(11)13(15)16-10-12-7-3-2-4-8-12/h2-8,11H,9-10H2,1H3. The van der Waals surface area contributed by atoms with E-state index in [0.29, 0.717) is 13.2 Å². The third-order valence-electron chi connectivity index (χ3n) is 2.65. The van der Waals surface area contributed by atoms with Crippen LogP contribution in [0, 0.1) is 0 Å². The molecule has 0 bridgehead atoms. The van der Waals surface area contributed by atoms with Crippen molar-refractivity contribution in [1.29, 1.82) is 0 Å². The van der Waals surface area contributed by atoms with Gasteiger partial charge in [0.05, 0.1) is 6.04 Å². The monoisotopic (exact) mass is 217 g/mol. The van der Waals surface area contributed by atoms with Crippen LogP contribution >= 0.6 is 0 Å². The van der Waals surface area contributed by atoms with Crippen LogP contribution in [0.15, 0.2) is 42.5 Å². The van der Waals surface area contributed by atoms with Gasteiger partial charge < -0.3 is 4.74 Å². The van der Waals surface area contributed by atoms with Crippen molar-refractivity contribution in [2.24, 2.45) is 0 Å². The fourth-order valence-electron chi connectivity index (χ4n) is 1.68. The molecule has 1 atom stereocenters. The molecule has 0 saturated carbocycles. The van der Waals surface area contributed by atoms with Crippen LogP contribution in [-0.2, 0) is 11.3 Å². The van der Waals surface area contributed by atoms with Gasteiger partial charge in [0.2, 0.25) is 0 Å². The maximum absolute atomic E-state index is 11.7. The molecule has 84 valence electrons.